The van der Waals surface area contributed by atoms with Gasteiger partial charge in [0.1, 0.15) is 6.67 Å². The predicted octanol–water partition coefficient (Wildman–Crippen LogP) is 3.08. The van der Waals surface area contributed by atoms with E-state index in [0.717, 1.165) is 0 Å². The van der Waals surface area contributed by atoms with Crippen molar-refractivity contribution in [2.24, 2.45) is 0 Å². The maximum atomic E-state index is 13.0. The Morgan fingerprint density at radius 3 is 2.94 bits per heavy atom. The van der Waals surface area contributed by atoms with Crippen LogP contribution in [0.2, 0.25) is 5.02 Å². The van der Waals surface area contributed by atoms with Crippen LogP contribution in [-0.4, -0.2) is 18.1 Å². The highest BCUT2D eigenvalue weighted by atomic mass is 35.5. The summed E-state index contributed by atoms with van der Waals surface area (Å²) in [6.07, 6.45) is 1.56. The standard InChI is InChI=1S/C11H9ClFNO2/c1-16-11(15)6-2-3-9-10(7(6)4-13)8(12)5-14-9/h2-3,5,14H,4H2,1H3. The van der Waals surface area contributed by atoms with E-state index >= 15 is 0 Å². The molecule has 0 bridgehead atoms. The van der Waals surface area contributed by atoms with Crippen LogP contribution < -0.4 is 0 Å². The van der Waals surface area contributed by atoms with Gasteiger partial charge < -0.3 is 9.72 Å². The first-order valence-electron chi connectivity index (χ1n) is 4.61. The third-order valence-corrected chi connectivity index (χ3v) is 2.74. The minimum atomic E-state index is -0.765. The van der Waals surface area contributed by atoms with Crippen LogP contribution in [0, 0.1) is 0 Å². The first-order valence-corrected chi connectivity index (χ1v) is 4.99. The van der Waals surface area contributed by atoms with Crippen LogP contribution in [0.15, 0.2) is 18.3 Å². The van der Waals surface area contributed by atoms with Gasteiger partial charge in [-0.1, -0.05) is 11.6 Å². The monoisotopic (exact) mass is 241 g/mol. The molecule has 84 valence electrons. The van der Waals surface area contributed by atoms with E-state index < -0.39 is 12.6 Å². The number of alkyl halides is 1. The lowest BCUT2D eigenvalue weighted by atomic mass is 10.0. The molecule has 0 amide bonds. The van der Waals surface area contributed by atoms with Gasteiger partial charge in [0, 0.05) is 22.7 Å². The molecule has 0 aliphatic carbocycles. The first-order chi connectivity index (χ1) is 7.69. The van der Waals surface area contributed by atoms with Crippen molar-refractivity contribution in [3.63, 3.8) is 0 Å². The van der Waals surface area contributed by atoms with Crippen molar-refractivity contribution in [2.75, 3.05) is 7.11 Å². The minimum absolute atomic E-state index is 0.207. The maximum absolute atomic E-state index is 13.0. The Labute approximate surface area is 96.2 Å². The molecule has 1 heterocycles. The highest BCUT2D eigenvalue weighted by Gasteiger charge is 2.17. The van der Waals surface area contributed by atoms with Crippen molar-refractivity contribution in [3.8, 4) is 0 Å². The number of aromatic amines is 1. The molecule has 1 N–H and O–H groups in total. The lowest BCUT2D eigenvalue weighted by Gasteiger charge is -2.06. The summed E-state index contributed by atoms with van der Waals surface area (Å²) in [6.45, 7) is -0.765. The number of esters is 1. The average molecular weight is 242 g/mol. The minimum Gasteiger partial charge on any atom is -0.465 e. The Morgan fingerprint density at radius 2 is 2.31 bits per heavy atom. The molecule has 1 aromatic carbocycles. The van der Waals surface area contributed by atoms with Gasteiger partial charge in [-0.05, 0) is 12.1 Å². The number of rotatable bonds is 2. The fraction of sp³-hybridized carbons (Fsp3) is 0.182. The summed E-state index contributed by atoms with van der Waals surface area (Å²) in [5.41, 5.74) is 1.17. The van der Waals surface area contributed by atoms with Gasteiger partial charge in [0.05, 0.1) is 17.7 Å². The molecule has 5 heteroatoms. The van der Waals surface area contributed by atoms with Gasteiger partial charge in [0.2, 0.25) is 0 Å². The number of ether oxygens (including phenoxy) is 1. The summed E-state index contributed by atoms with van der Waals surface area (Å²) >= 11 is 5.93. The quantitative estimate of drug-likeness (QED) is 0.821. The second-order valence-electron chi connectivity index (χ2n) is 3.28. The third-order valence-electron chi connectivity index (χ3n) is 2.45. The zero-order valence-electron chi connectivity index (χ0n) is 8.51. The van der Waals surface area contributed by atoms with Gasteiger partial charge in [-0.2, -0.15) is 0 Å². The number of aromatic nitrogens is 1. The molecule has 2 rings (SSSR count). The number of carbonyl (C=O) groups is 1. The molecule has 0 aliphatic heterocycles. The lowest BCUT2D eigenvalue weighted by Crippen LogP contribution is -2.05. The lowest BCUT2D eigenvalue weighted by molar-refractivity contribution is 0.0599. The van der Waals surface area contributed by atoms with Gasteiger partial charge in [-0.3, -0.25) is 0 Å². The molecular formula is C11H9ClFNO2. The van der Waals surface area contributed by atoms with Gasteiger partial charge in [-0.25, -0.2) is 9.18 Å². The van der Waals surface area contributed by atoms with Crippen LogP contribution in [0.1, 0.15) is 15.9 Å². The number of carbonyl (C=O) groups excluding carboxylic acids is 1. The molecule has 0 spiro atoms. The van der Waals surface area contributed by atoms with Crippen LogP contribution in [0.5, 0.6) is 0 Å². The second kappa shape index (κ2) is 4.14. The maximum Gasteiger partial charge on any atom is 0.338 e. The van der Waals surface area contributed by atoms with E-state index in [-0.39, 0.29) is 11.1 Å². The fourth-order valence-electron chi connectivity index (χ4n) is 1.69. The summed E-state index contributed by atoms with van der Waals surface area (Å²) in [5.74, 6) is -0.563. The molecule has 0 fully saturated rings. The Hall–Kier alpha value is -1.55. The molecular weight excluding hydrogens is 233 g/mol. The van der Waals surface area contributed by atoms with Crippen molar-refractivity contribution in [3.05, 3.63) is 34.5 Å². The number of nitrogens with one attached hydrogen (secondary N) is 1. The van der Waals surface area contributed by atoms with E-state index in [1.807, 2.05) is 0 Å². The highest BCUT2D eigenvalue weighted by molar-refractivity contribution is 6.36. The number of fused-ring (bicyclic) bond motifs is 1. The summed E-state index contributed by atoms with van der Waals surface area (Å²) in [4.78, 5) is 14.3. The van der Waals surface area contributed by atoms with Gasteiger partial charge in [0.25, 0.3) is 0 Å². The summed E-state index contributed by atoms with van der Waals surface area (Å²) < 4.78 is 17.6. The van der Waals surface area contributed by atoms with E-state index in [4.69, 9.17) is 11.6 Å². The van der Waals surface area contributed by atoms with E-state index in [2.05, 4.69) is 9.72 Å². The predicted molar refractivity (Wildman–Crippen MR) is 59.5 cm³/mol. The number of hydrogen-bond acceptors (Lipinski definition) is 2. The number of halogens is 2. The first kappa shape index (κ1) is 11.0. The number of benzene rings is 1. The third kappa shape index (κ3) is 1.55. The van der Waals surface area contributed by atoms with Crippen LogP contribution in [-0.2, 0) is 11.4 Å². The number of methoxy groups -OCH3 is 1. The normalized spacial score (nSPS) is 10.7. The second-order valence-corrected chi connectivity index (χ2v) is 3.68. The molecule has 0 unspecified atom stereocenters. The van der Waals surface area contributed by atoms with Crippen LogP contribution in [0.25, 0.3) is 10.9 Å². The van der Waals surface area contributed by atoms with E-state index in [1.165, 1.54) is 13.2 Å². The highest BCUT2D eigenvalue weighted by Crippen LogP contribution is 2.30. The Kier molecular flexibility index (Phi) is 2.83. The SMILES string of the molecule is COC(=O)c1ccc2[nH]cc(Cl)c2c1CF. The Balaban J connectivity index is 2.76. The zero-order chi connectivity index (χ0) is 11.7. The van der Waals surface area contributed by atoms with E-state index in [9.17, 15) is 9.18 Å². The smallest absolute Gasteiger partial charge is 0.338 e. The van der Waals surface area contributed by atoms with Crippen molar-refractivity contribution in [1.82, 2.24) is 4.98 Å². The number of H-pyrrole nitrogens is 1. The molecule has 0 radical (unpaired) electrons. The zero-order valence-corrected chi connectivity index (χ0v) is 9.27. The molecule has 3 nitrogen and oxygen atoms in total. The molecule has 0 saturated carbocycles. The van der Waals surface area contributed by atoms with Crippen molar-refractivity contribution >= 4 is 28.5 Å². The molecule has 1 aromatic heterocycles. The van der Waals surface area contributed by atoms with Gasteiger partial charge >= 0.3 is 5.97 Å². The van der Waals surface area contributed by atoms with Crippen LogP contribution in [0.3, 0.4) is 0 Å². The molecule has 16 heavy (non-hydrogen) atoms. The molecule has 2 aromatic rings. The molecule has 0 saturated heterocycles. The fourth-order valence-corrected chi connectivity index (χ4v) is 1.96. The summed E-state index contributed by atoms with van der Waals surface area (Å²) in [6, 6.07) is 3.20. The van der Waals surface area contributed by atoms with E-state index in [1.54, 1.807) is 12.3 Å². The largest absolute Gasteiger partial charge is 0.465 e. The Bertz CT molecular complexity index is 550. The van der Waals surface area contributed by atoms with Crippen molar-refractivity contribution in [1.29, 1.82) is 0 Å². The summed E-state index contributed by atoms with van der Waals surface area (Å²) in [5, 5.41) is 0.931. The van der Waals surface area contributed by atoms with Crippen molar-refractivity contribution in [2.45, 2.75) is 6.67 Å². The van der Waals surface area contributed by atoms with Crippen LogP contribution in [0.4, 0.5) is 4.39 Å². The average Bonchev–Trinajstić information content (AvgIpc) is 2.69. The topological polar surface area (TPSA) is 42.1 Å². The number of hydrogen-bond donors (Lipinski definition) is 1. The Morgan fingerprint density at radius 1 is 1.56 bits per heavy atom. The van der Waals surface area contributed by atoms with Crippen molar-refractivity contribution < 1.29 is 13.9 Å². The van der Waals surface area contributed by atoms with Crippen LogP contribution >= 0.6 is 11.6 Å². The van der Waals surface area contributed by atoms with Gasteiger partial charge in [-0.15, -0.1) is 0 Å². The van der Waals surface area contributed by atoms with Gasteiger partial charge in [0.15, 0.2) is 0 Å². The summed E-state index contributed by atoms with van der Waals surface area (Å²) in [7, 11) is 1.26. The molecule has 0 atom stereocenters. The van der Waals surface area contributed by atoms with E-state index in [0.29, 0.717) is 15.9 Å². The molecule has 0 aliphatic rings.